The number of rotatable bonds is 5. The smallest absolute Gasteiger partial charge is 0.408 e. The van der Waals surface area contributed by atoms with Crippen molar-refractivity contribution in [1.82, 2.24) is 9.78 Å². The Hall–Kier alpha value is -1.89. The summed E-state index contributed by atoms with van der Waals surface area (Å²) in [6.45, 7) is 5.40. The first-order chi connectivity index (χ1) is 7.95. The van der Waals surface area contributed by atoms with Gasteiger partial charge in [-0.3, -0.25) is 0 Å². The van der Waals surface area contributed by atoms with Gasteiger partial charge in [0.15, 0.2) is 5.02 Å². The van der Waals surface area contributed by atoms with E-state index in [2.05, 4.69) is 11.7 Å². The summed E-state index contributed by atoms with van der Waals surface area (Å²) in [5.74, 6) is -1.02. The maximum Gasteiger partial charge on any atom is 0.408 e. The molecule has 0 atom stereocenters. The number of carbonyl (C=O) groups excluding carboxylic acids is 1. The maximum absolute atomic E-state index is 11.2. The lowest BCUT2D eigenvalue weighted by molar-refractivity contribution is -0.389. The zero-order chi connectivity index (χ0) is 13.0. The lowest BCUT2D eigenvalue weighted by Gasteiger charge is -2.02. The van der Waals surface area contributed by atoms with Gasteiger partial charge in [-0.05, 0) is 11.8 Å². The maximum atomic E-state index is 11.2. The Morgan fingerprint density at radius 1 is 1.76 bits per heavy atom. The molecule has 0 aromatic carbocycles. The highest BCUT2D eigenvalue weighted by Crippen LogP contribution is 2.21. The summed E-state index contributed by atoms with van der Waals surface area (Å²) in [6.07, 6.45) is 1.25. The minimum Gasteiger partial charge on any atom is -0.463 e. The second-order valence-electron chi connectivity index (χ2n) is 3.08. The van der Waals surface area contributed by atoms with Crippen molar-refractivity contribution in [1.29, 1.82) is 0 Å². The number of nitrogens with zero attached hydrogens (tertiary/aromatic N) is 3. The first-order valence-electron chi connectivity index (χ1n) is 4.68. The zero-order valence-corrected chi connectivity index (χ0v) is 9.81. The van der Waals surface area contributed by atoms with Crippen LogP contribution in [0.25, 0.3) is 0 Å². The number of hydrogen-bond acceptors (Lipinski definition) is 5. The first kappa shape index (κ1) is 13.2. The Morgan fingerprint density at radius 2 is 2.41 bits per heavy atom. The molecule has 0 fully saturated rings. The fourth-order valence-electron chi connectivity index (χ4n) is 1.08. The van der Waals surface area contributed by atoms with Crippen molar-refractivity contribution in [2.24, 2.45) is 0 Å². The van der Waals surface area contributed by atoms with E-state index in [0.29, 0.717) is 0 Å². The Morgan fingerprint density at radius 3 is 2.88 bits per heavy atom. The van der Waals surface area contributed by atoms with E-state index < -0.39 is 16.7 Å². The third-order valence-electron chi connectivity index (χ3n) is 1.79. The molecule has 0 N–H and O–H groups in total. The van der Waals surface area contributed by atoms with E-state index in [1.165, 1.54) is 10.9 Å². The highest BCUT2D eigenvalue weighted by atomic mass is 35.5. The van der Waals surface area contributed by atoms with E-state index in [9.17, 15) is 14.9 Å². The van der Waals surface area contributed by atoms with Crippen LogP contribution in [-0.2, 0) is 16.1 Å². The van der Waals surface area contributed by atoms with Gasteiger partial charge in [-0.15, -0.1) is 0 Å². The Labute approximate surface area is 102 Å². The Bertz CT molecular complexity index is 469. The molecule has 1 rings (SSSR count). The van der Waals surface area contributed by atoms with Crippen molar-refractivity contribution in [2.45, 2.75) is 13.5 Å². The van der Waals surface area contributed by atoms with E-state index in [0.717, 1.165) is 0 Å². The monoisotopic (exact) mass is 259 g/mol. The highest BCUT2D eigenvalue weighted by molar-refractivity contribution is 6.32. The molecule has 92 valence electrons. The van der Waals surface area contributed by atoms with Crippen LogP contribution in [0.5, 0.6) is 0 Å². The number of ether oxygens (including phenoxy) is 1. The molecule has 0 radical (unpaired) electrons. The summed E-state index contributed by atoms with van der Waals surface area (Å²) >= 11 is 5.59. The number of esters is 1. The van der Waals surface area contributed by atoms with E-state index in [-0.39, 0.29) is 23.7 Å². The topological polar surface area (TPSA) is 87.3 Å². The van der Waals surface area contributed by atoms with Gasteiger partial charge in [-0.25, -0.2) is 4.79 Å². The SMILES string of the molecule is C=C(Cn1cc(Cl)c([N+](=O)[O-])n1)C(=O)OCC. The summed E-state index contributed by atoms with van der Waals surface area (Å²) in [5.41, 5.74) is 0.140. The third-order valence-corrected chi connectivity index (χ3v) is 2.06. The average molecular weight is 260 g/mol. The van der Waals surface area contributed by atoms with Crippen molar-refractivity contribution in [3.8, 4) is 0 Å². The molecule has 0 amide bonds. The normalized spacial score (nSPS) is 10.0. The van der Waals surface area contributed by atoms with Crippen LogP contribution in [0.1, 0.15) is 6.92 Å². The molecule has 0 aliphatic rings. The molecule has 0 unspecified atom stereocenters. The fraction of sp³-hybridized carbons (Fsp3) is 0.333. The van der Waals surface area contributed by atoms with Gasteiger partial charge in [-0.2, -0.15) is 4.68 Å². The minimum atomic E-state index is -0.702. The molecule has 1 aromatic rings. The molecular weight excluding hydrogens is 250 g/mol. The molecule has 0 aliphatic carbocycles. The number of carbonyl (C=O) groups is 1. The van der Waals surface area contributed by atoms with Crippen LogP contribution in [0.15, 0.2) is 18.3 Å². The molecule has 0 saturated heterocycles. The van der Waals surface area contributed by atoms with E-state index in [4.69, 9.17) is 16.3 Å². The van der Waals surface area contributed by atoms with Gasteiger partial charge in [0, 0.05) is 0 Å². The fourth-order valence-corrected chi connectivity index (χ4v) is 1.30. The van der Waals surface area contributed by atoms with Crippen LogP contribution in [-0.4, -0.2) is 27.3 Å². The summed E-state index contributed by atoms with van der Waals surface area (Å²) < 4.78 is 5.88. The van der Waals surface area contributed by atoms with Gasteiger partial charge in [0.1, 0.15) is 0 Å². The molecule has 0 bridgehead atoms. The largest absolute Gasteiger partial charge is 0.463 e. The first-order valence-corrected chi connectivity index (χ1v) is 5.05. The summed E-state index contributed by atoms with van der Waals surface area (Å²) in [4.78, 5) is 21.0. The van der Waals surface area contributed by atoms with E-state index >= 15 is 0 Å². The second-order valence-corrected chi connectivity index (χ2v) is 3.49. The van der Waals surface area contributed by atoms with Crippen LogP contribution < -0.4 is 0 Å². The summed E-state index contributed by atoms with van der Waals surface area (Å²) in [5, 5.41) is 14.0. The Balaban J connectivity index is 2.76. The highest BCUT2D eigenvalue weighted by Gasteiger charge is 2.20. The molecule has 17 heavy (non-hydrogen) atoms. The molecule has 1 heterocycles. The van der Waals surface area contributed by atoms with Crippen LogP contribution in [0, 0.1) is 10.1 Å². The number of hydrogen-bond donors (Lipinski definition) is 0. The quantitative estimate of drug-likeness (QED) is 0.347. The third kappa shape index (κ3) is 3.28. The van der Waals surface area contributed by atoms with Crippen molar-refractivity contribution < 1.29 is 14.5 Å². The number of halogens is 1. The predicted molar refractivity (Wildman–Crippen MR) is 59.7 cm³/mol. The van der Waals surface area contributed by atoms with Gasteiger partial charge in [0.2, 0.25) is 0 Å². The van der Waals surface area contributed by atoms with Crippen LogP contribution >= 0.6 is 11.6 Å². The van der Waals surface area contributed by atoms with Gasteiger partial charge in [-0.1, -0.05) is 18.2 Å². The van der Waals surface area contributed by atoms with Crippen LogP contribution in [0.3, 0.4) is 0 Å². The van der Waals surface area contributed by atoms with Crippen molar-refractivity contribution in [2.75, 3.05) is 6.61 Å². The zero-order valence-electron chi connectivity index (χ0n) is 9.05. The molecule has 0 saturated carbocycles. The molecule has 7 nitrogen and oxygen atoms in total. The molecule has 0 spiro atoms. The summed E-state index contributed by atoms with van der Waals surface area (Å²) in [7, 11) is 0. The predicted octanol–water partition coefficient (Wildman–Crippen LogP) is 1.56. The number of nitro groups is 1. The Kier molecular flexibility index (Phi) is 4.22. The van der Waals surface area contributed by atoms with Gasteiger partial charge < -0.3 is 14.9 Å². The summed E-state index contributed by atoms with van der Waals surface area (Å²) in [6, 6.07) is 0. The average Bonchev–Trinajstić information content (AvgIpc) is 2.59. The van der Waals surface area contributed by atoms with E-state index in [1.54, 1.807) is 6.92 Å². The van der Waals surface area contributed by atoms with Gasteiger partial charge in [0.05, 0.1) is 30.0 Å². The molecule has 0 aliphatic heterocycles. The second kappa shape index (κ2) is 5.44. The van der Waals surface area contributed by atoms with Gasteiger partial charge >= 0.3 is 11.8 Å². The van der Waals surface area contributed by atoms with Crippen LogP contribution in [0.4, 0.5) is 5.82 Å². The minimum absolute atomic E-state index is 0.00755. The molecule has 8 heteroatoms. The lowest BCUT2D eigenvalue weighted by atomic mass is 10.3. The van der Waals surface area contributed by atoms with Crippen molar-refractivity contribution >= 4 is 23.4 Å². The molecular formula is C9H10ClN3O4. The van der Waals surface area contributed by atoms with E-state index in [1.807, 2.05) is 0 Å². The van der Waals surface area contributed by atoms with Crippen molar-refractivity contribution in [3.05, 3.63) is 33.5 Å². The van der Waals surface area contributed by atoms with Gasteiger partial charge in [0.25, 0.3) is 0 Å². The number of aromatic nitrogens is 2. The lowest BCUT2D eigenvalue weighted by Crippen LogP contribution is -2.12. The standard InChI is InChI=1S/C9H10ClN3O4/c1-3-17-9(14)6(2)4-12-5-7(10)8(11-12)13(15)16/h5H,2-4H2,1H3. The van der Waals surface area contributed by atoms with Crippen molar-refractivity contribution in [3.63, 3.8) is 0 Å². The molecule has 1 aromatic heterocycles. The van der Waals surface area contributed by atoms with Crippen LogP contribution in [0.2, 0.25) is 5.02 Å².